The van der Waals surface area contributed by atoms with Crippen molar-refractivity contribution in [1.82, 2.24) is 19.6 Å². The van der Waals surface area contributed by atoms with E-state index in [2.05, 4.69) is 9.71 Å². The molecule has 0 spiro atoms. The minimum atomic E-state index is -4.89. The molecule has 18 heteroatoms. The molecule has 4 aliphatic rings. The zero-order chi connectivity index (χ0) is 50.3. The molecule has 0 unspecified atom stereocenters. The lowest BCUT2D eigenvalue weighted by Crippen LogP contribution is -2.48. The monoisotopic (exact) mass is 980 g/mol. The molecule has 0 radical (unpaired) electrons. The molecule has 2 aliphatic carbocycles. The van der Waals surface area contributed by atoms with Crippen molar-refractivity contribution in [3.05, 3.63) is 66.7 Å². The fourth-order valence-electron chi connectivity index (χ4n) is 9.34. The SMILES string of the molecule is COc1cccc(-c2cc(O[C@@H]3C[C@H]4C(=O)C[C@]5(C(=O)NS(=O)(=O)C6(C)CC6)C[C@H]5/C=C\CC[C@H](C)C[C@@H](C)[C@H](CC(=O)OC(C)(C)C(F)(F)F)C(=O)N4C3)cc(-c3ccc(OC(C)C)cc3)n2)n1. The van der Waals surface area contributed by atoms with Crippen LogP contribution in [0.15, 0.2) is 66.7 Å². The first-order chi connectivity index (χ1) is 32.3. The van der Waals surface area contributed by atoms with Crippen molar-refractivity contribution in [2.75, 3.05) is 13.7 Å². The van der Waals surface area contributed by atoms with Crippen LogP contribution >= 0.6 is 0 Å². The van der Waals surface area contributed by atoms with Crippen LogP contribution in [0.1, 0.15) is 106 Å². The van der Waals surface area contributed by atoms with E-state index >= 15 is 4.79 Å². The molecule has 2 amide bonds. The number of sulfonamides is 1. The Bertz CT molecular complexity index is 2560. The van der Waals surface area contributed by atoms with Crippen LogP contribution < -0.4 is 18.9 Å². The molecule has 374 valence electrons. The van der Waals surface area contributed by atoms with E-state index in [1.54, 1.807) is 44.2 Å². The Morgan fingerprint density at radius 2 is 1.65 bits per heavy atom. The minimum absolute atomic E-state index is 0.00965. The number of carbonyl (C=O) groups is 4. The second-order valence-corrected chi connectivity index (χ2v) is 22.6. The van der Waals surface area contributed by atoms with Crippen molar-refractivity contribution in [3.63, 3.8) is 0 Å². The van der Waals surface area contributed by atoms with E-state index in [1.165, 1.54) is 12.0 Å². The van der Waals surface area contributed by atoms with Crippen LogP contribution in [0.25, 0.3) is 22.6 Å². The normalized spacial score (nSPS) is 26.7. The first kappa shape index (κ1) is 51.3. The number of amides is 2. The molecular weight excluding hydrogens is 918 g/mol. The highest BCUT2D eigenvalue weighted by Gasteiger charge is 2.63. The van der Waals surface area contributed by atoms with Crippen LogP contribution in [-0.4, -0.2) is 95.3 Å². The zero-order valence-corrected chi connectivity index (χ0v) is 41.2. The highest BCUT2D eigenvalue weighted by molar-refractivity contribution is 7.91. The molecule has 1 aromatic carbocycles. The summed E-state index contributed by atoms with van der Waals surface area (Å²) in [4.78, 5) is 68.5. The molecule has 3 aromatic rings. The van der Waals surface area contributed by atoms with Gasteiger partial charge >= 0.3 is 12.1 Å². The average molecular weight is 981 g/mol. The zero-order valence-electron chi connectivity index (χ0n) is 40.4. The topological polar surface area (TPSA) is 180 Å². The molecule has 1 N–H and O–H groups in total. The van der Waals surface area contributed by atoms with Gasteiger partial charge in [0.05, 0.1) is 65.4 Å². The number of esters is 1. The van der Waals surface area contributed by atoms with Crippen LogP contribution in [-0.2, 0) is 33.9 Å². The molecule has 69 heavy (non-hydrogen) atoms. The lowest BCUT2D eigenvalue weighted by Gasteiger charge is -2.33. The summed E-state index contributed by atoms with van der Waals surface area (Å²) in [6, 6.07) is 14.7. The number of nitrogens with zero attached hydrogens (tertiary/aromatic N) is 3. The quantitative estimate of drug-likeness (QED) is 0.127. The van der Waals surface area contributed by atoms with E-state index in [9.17, 15) is 36.0 Å². The molecule has 2 aromatic heterocycles. The van der Waals surface area contributed by atoms with Crippen molar-refractivity contribution >= 4 is 33.6 Å². The number of nitrogens with one attached hydrogen (secondary N) is 1. The van der Waals surface area contributed by atoms with E-state index in [4.69, 9.17) is 23.9 Å². The number of methoxy groups -OCH3 is 1. The Hall–Kier alpha value is -5.52. The number of fused-ring (bicyclic) bond motifs is 2. The maximum absolute atomic E-state index is 15.1. The van der Waals surface area contributed by atoms with Gasteiger partial charge in [0.15, 0.2) is 5.78 Å². The summed E-state index contributed by atoms with van der Waals surface area (Å²) in [6.07, 6.45) is -0.552. The Morgan fingerprint density at radius 1 is 0.957 bits per heavy atom. The van der Waals surface area contributed by atoms with Gasteiger partial charge in [0, 0.05) is 36.6 Å². The van der Waals surface area contributed by atoms with Gasteiger partial charge in [-0.25, -0.2) is 18.4 Å². The lowest BCUT2D eigenvalue weighted by molar-refractivity contribution is -0.257. The smallest absolute Gasteiger partial charge is 0.427 e. The first-order valence-corrected chi connectivity index (χ1v) is 25.1. The highest BCUT2D eigenvalue weighted by atomic mass is 32.2. The number of allylic oxidation sites excluding steroid dienone is 2. The number of alkyl halides is 3. The Labute approximate surface area is 402 Å². The van der Waals surface area contributed by atoms with Gasteiger partial charge in [0.1, 0.15) is 17.6 Å². The number of ketones is 1. The average Bonchev–Trinajstić information content (AvgIpc) is 4.16. The molecule has 14 nitrogen and oxygen atoms in total. The van der Waals surface area contributed by atoms with Gasteiger partial charge in [-0.15, -0.1) is 0 Å². The van der Waals surface area contributed by atoms with E-state index in [-0.39, 0.29) is 31.4 Å². The number of hydrogen-bond acceptors (Lipinski definition) is 12. The third-order valence-corrected chi connectivity index (χ3v) is 16.2. The van der Waals surface area contributed by atoms with E-state index in [0.717, 1.165) is 13.8 Å². The summed E-state index contributed by atoms with van der Waals surface area (Å²) in [7, 11) is -2.58. The minimum Gasteiger partial charge on any atom is -0.491 e. The van der Waals surface area contributed by atoms with Gasteiger partial charge in [-0.1, -0.05) is 32.1 Å². The number of Topliss-reactive ketones (excluding diaryl/α,β-unsaturated/α-hetero) is 1. The standard InChI is InChI=1S/C51H63F3N4O10S/c1-30(2)66-35-18-16-33(17-19-35)40-23-36(24-41(55-40)39-14-11-15-44(56-39)65-8)67-37-25-42-43(59)28-50(47(62)57-69(63,64)49(7)20-21-49)27-34(50)13-10-9-12-31(3)22-32(4)38(46(61)58(42)29-37)26-45(60)68-48(5,6)51(52,53)54/h10-11,13-19,23-24,30-32,34,37-38,42H,9,12,20-22,25-29H2,1-8H3,(H,57,62)/b13-10-/t31-,32+,34+,37+,38-,42-,50+/m0/s1. The number of carbonyl (C=O) groups excluding carboxylic acids is 4. The molecule has 3 fully saturated rings. The van der Waals surface area contributed by atoms with Gasteiger partial charge in [-0.05, 0) is 121 Å². The number of aromatic nitrogens is 2. The summed E-state index contributed by atoms with van der Waals surface area (Å²) in [5.41, 5.74) is -2.16. The van der Waals surface area contributed by atoms with Crippen molar-refractivity contribution in [3.8, 4) is 40.0 Å². The summed E-state index contributed by atoms with van der Waals surface area (Å²) in [6.45, 7) is 10.5. The van der Waals surface area contributed by atoms with Gasteiger partial charge in [-0.3, -0.25) is 23.9 Å². The number of hydrogen-bond donors (Lipinski definition) is 1. The summed E-state index contributed by atoms with van der Waals surface area (Å²) in [5, 5.41) is 0. The largest absolute Gasteiger partial charge is 0.491 e. The van der Waals surface area contributed by atoms with Crippen LogP contribution in [0.4, 0.5) is 13.2 Å². The summed E-state index contributed by atoms with van der Waals surface area (Å²) < 4.78 is 92.7. The molecule has 0 bridgehead atoms. The summed E-state index contributed by atoms with van der Waals surface area (Å²) in [5.74, 6) is -4.07. The molecule has 2 aliphatic heterocycles. The number of rotatable bonds is 13. The second kappa shape index (κ2) is 19.7. The third kappa shape index (κ3) is 11.6. The van der Waals surface area contributed by atoms with E-state index in [0.29, 0.717) is 72.1 Å². The lowest BCUT2D eigenvalue weighted by atomic mass is 9.82. The predicted octanol–water partition coefficient (Wildman–Crippen LogP) is 8.82. The maximum atomic E-state index is 15.1. The van der Waals surface area contributed by atoms with Gasteiger partial charge < -0.3 is 23.8 Å². The van der Waals surface area contributed by atoms with E-state index in [1.807, 2.05) is 57.2 Å². The fourth-order valence-corrected chi connectivity index (χ4v) is 10.7. The molecule has 7 atom stereocenters. The molecular formula is C51H63F3N4O10S. The Morgan fingerprint density at radius 3 is 2.30 bits per heavy atom. The van der Waals surface area contributed by atoms with Crippen molar-refractivity contribution in [2.45, 2.75) is 141 Å². The predicted molar refractivity (Wildman–Crippen MR) is 250 cm³/mol. The molecule has 1 saturated heterocycles. The Balaban J connectivity index is 1.26. The van der Waals surface area contributed by atoms with Gasteiger partial charge in [0.25, 0.3) is 0 Å². The van der Waals surface area contributed by atoms with Crippen molar-refractivity contribution in [2.24, 2.45) is 29.1 Å². The molecule has 2 saturated carbocycles. The number of pyridine rings is 2. The maximum Gasteiger partial charge on any atom is 0.427 e. The highest BCUT2D eigenvalue weighted by Crippen LogP contribution is 2.58. The third-order valence-electron chi connectivity index (χ3n) is 14.1. The van der Waals surface area contributed by atoms with Crippen LogP contribution in [0.5, 0.6) is 17.4 Å². The van der Waals surface area contributed by atoms with Gasteiger partial charge in [-0.2, -0.15) is 13.2 Å². The van der Waals surface area contributed by atoms with Crippen LogP contribution in [0, 0.1) is 29.1 Å². The Kier molecular flexibility index (Phi) is 14.7. The summed E-state index contributed by atoms with van der Waals surface area (Å²) >= 11 is 0. The van der Waals surface area contributed by atoms with Gasteiger partial charge in [0.2, 0.25) is 33.3 Å². The van der Waals surface area contributed by atoms with Crippen molar-refractivity contribution in [1.29, 1.82) is 0 Å². The molecule has 4 heterocycles. The second-order valence-electron chi connectivity index (χ2n) is 20.4. The number of benzene rings is 1. The van der Waals surface area contributed by atoms with E-state index < -0.39 is 98.3 Å². The molecule has 7 rings (SSSR count). The number of ether oxygens (including phenoxy) is 4. The number of halogens is 3. The first-order valence-electron chi connectivity index (χ1n) is 23.7. The fraction of sp³-hybridized carbons (Fsp3) is 0.569. The van der Waals surface area contributed by atoms with Crippen LogP contribution in [0.3, 0.4) is 0 Å². The van der Waals surface area contributed by atoms with Crippen molar-refractivity contribution < 1.29 is 59.7 Å². The van der Waals surface area contributed by atoms with Crippen LogP contribution in [0.2, 0.25) is 0 Å².